The second kappa shape index (κ2) is 7.51. The number of carbonyl (C=O) groups is 1. The third kappa shape index (κ3) is 4.07. The van der Waals surface area contributed by atoms with Gasteiger partial charge in [-0.2, -0.15) is 0 Å². The van der Waals surface area contributed by atoms with Gasteiger partial charge in [0.15, 0.2) is 0 Å². The molecule has 0 aliphatic carbocycles. The van der Waals surface area contributed by atoms with Gasteiger partial charge in [0, 0.05) is 0 Å². The molecule has 0 heterocycles. The molecule has 0 radical (unpaired) electrons. The first kappa shape index (κ1) is 22.4. The Morgan fingerprint density at radius 2 is 1.50 bits per heavy atom. The molecule has 0 unspecified atom stereocenters. The van der Waals surface area contributed by atoms with Gasteiger partial charge >= 0.3 is 144 Å². The molecule has 8 heteroatoms. The molecule has 2 nitrogen and oxygen atoms in total. The third-order valence-corrected chi connectivity index (χ3v) is 23.3. The topological polar surface area (TPSA) is 26.3 Å². The summed E-state index contributed by atoms with van der Waals surface area (Å²) in [4.78, 5) is 12.1. The van der Waals surface area contributed by atoms with E-state index in [0.717, 1.165) is 0 Å². The number of carbonyl (C=O) groups excluding carboxylic acids is 1. The summed E-state index contributed by atoms with van der Waals surface area (Å²) >= 11 is 5.63. The Hall–Kier alpha value is 0.382. The minimum absolute atomic E-state index is 0.178. The van der Waals surface area contributed by atoms with E-state index in [2.05, 4.69) is 6.58 Å². The SMILES string of the molecule is C=C(Cl)[CH2][Pd][P](OC(=O)C(F)(F)F)(C(C)C)(C(C)C)C(C)C. The van der Waals surface area contributed by atoms with Crippen LogP contribution >= 0.6 is 16.6 Å². The van der Waals surface area contributed by atoms with E-state index >= 15 is 0 Å². The summed E-state index contributed by atoms with van der Waals surface area (Å²) in [5.74, 6) is -2.08. The van der Waals surface area contributed by atoms with Crippen LogP contribution in [-0.4, -0.2) is 29.1 Å². The van der Waals surface area contributed by atoms with Gasteiger partial charge in [-0.15, -0.1) is 0 Å². The average Bonchev–Trinajstić information content (AvgIpc) is 2.31. The molecular formula is C14H25ClF3O2PPd. The minimum atomic E-state index is -4.99. The summed E-state index contributed by atoms with van der Waals surface area (Å²) in [6.45, 7) is 14.7. The van der Waals surface area contributed by atoms with Crippen molar-refractivity contribution in [1.29, 1.82) is 0 Å². The van der Waals surface area contributed by atoms with Crippen molar-refractivity contribution in [3.05, 3.63) is 11.6 Å². The van der Waals surface area contributed by atoms with Crippen LogP contribution in [0.3, 0.4) is 0 Å². The van der Waals surface area contributed by atoms with E-state index in [1.165, 1.54) is 0 Å². The molecule has 0 saturated carbocycles. The van der Waals surface area contributed by atoms with E-state index in [0.29, 0.717) is 9.93 Å². The number of halogens is 4. The monoisotopic (exact) mass is 454 g/mol. The zero-order chi connectivity index (χ0) is 18.0. The van der Waals surface area contributed by atoms with Gasteiger partial charge in [-0.05, 0) is 0 Å². The van der Waals surface area contributed by atoms with Crippen LogP contribution in [0, 0.1) is 0 Å². The standard InChI is InChI=1S/C11H21F3O2P.C3H4Cl.Pd/c1-7(2)17(8(3)4,9(5)6)16-10(15)11(12,13)14;1-3(2)4;/h7-9H,1-6H3;1-2H2;/q+1;;-1. The molecule has 0 spiro atoms. The first-order valence-corrected chi connectivity index (χ1v) is 12.7. The maximum atomic E-state index is 12.8. The van der Waals surface area contributed by atoms with Crippen LogP contribution in [-0.2, 0) is 26.8 Å². The number of hydrogen-bond acceptors (Lipinski definition) is 2. The van der Waals surface area contributed by atoms with Crippen molar-refractivity contribution in [2.75, 3.05) is 0 Å². The molecule has 0 atom stereocenters. The van der Waals surface area contributed by atoms with Crippen molar-refractivity contribution in [2.45, 2.75) is 69.6 Å². The molecule has 0 fully saturated rings. The average molecular weight is 455 g/mol. The molecule has 136 valence electrons. The van der Waals surface area contributed by atoms with Gasteiger partial charge in [0.2, 0.25) is 0 Å². The fourth-order valence-corrected chi connectivity index (χ4v) is 17.4. The fraction of sp³-hybridized carbons (Fsp3) is 0.786. The predicted molar refractivity (Wildman–Crippen MR) is 84.3 cm³/mol. The summed E-state index contributed by atoms with van der Waals surface area (Å²) in [6, 6.07) is 0. The molecule has 0 rings (SSSR count). The molecule has 0 aliphatic heterocycles. The van der Waals surface area contributed by atoms with Crippen molar-refractivity contribution in [3.63, 3.8) is 0 Å². The second-order valence-corrected chi connectivity index (χ2v) is 18.6. The van der Waals surface area contributed by atoms with Gasteiger partial charge in [0.1, 0.15) is 0 Å². The predicted octanol–water partition coefficient (Wildman–Crippen LogP) is 5.95. The molecule has 0 aliphatic rings. The normalized spacial score (nSPS) is 15.2. The Morgan fingerprint density at radius 1 is 1.14 bits per heavy atom. The third-order valence-electron chi connectivity index (χ3n) is 3.80. The zero-order valence-electron chi connectivity index (χ0n) is 13.7. The van der Waals surface area contributed by atoms with Crippen LogP contribution in [0.25, 0.3) is 0 Å². The van der Waals surface area contributed by atoms with Gasteiger partial charge in [0.25, 0.3) is 0 Å². The Kier molecular flexibility index (Phi) is 7.64. The van der Waals surface area contributed by atoms with Crippen LogP contribution in [0.5, 0.6) is 0 Å². The van der Waals surface area contributed by atoms with Crippen molar-refractivity contribution >= 4 is 22.6 Å². The van der Waals surface area contributed by atoms with Crippen LogP contribution < -0.4 is 0 Å². The van der Waals surface area contributed by atoms with Crippen LogP contribution in [0.4, 0.5) is 13.2 Å². The molecule has 0 amide bonds. The second-order valence-electron chi connectivity index (χ2n) is 5.95. The van der Waals surface area contributed by atoms with Gasteiger partial charge < -0.3 is 0 Å². The van der Waals surface area contributed by atoms with Crippen molar-refractivity contribution < 1.29 is 40.0 Å². The van der Waals surface area contributed by atoms with Crippen LogP contribution in [0.1, 0.15) is 41.5 Å². The van der Waals surface area contributed by atoms with E-state index < -0.39 is 17.2 Å². The maximum absolute atomic E-state index is 12.8. The Labute approximate surface area is 143 Å². The molecule has 0 aromatic carbocycles. The van der Waals surface area contributed by atoms with Gasteiger partial charge in [-0.25, -0.2) is 0 Å². The van der Waals surface area contributed by atoms with Gasteiger partial charge in [-0.1, -0.05) is 0 Å². The van der Waals surface area contributed by atoms with Crippen molar-refractivity contribution in [1.82, 2.24) is 0 Å². The molecule has 0 N–H and O–H groups in total. The zero-order valence-corrected chi connectivity index (χ0v) is 16.9. The number of rotatable bonds is 7. The Bertz CT molecular complexity index is 412. The molecule has 22 heavy (non-hydrogen) atoms. The van der Waals surface area contributed by atoms with E-state index in [-0.39, 0.29) is 34.5 Å². The molecule has 0 aromatic rings. The molecule has 0 bridgehead atoms. The molecular weight excluding hydrogens is 430 g/mol. The van der Waals surface area contributed by atoms with Gasteiger partial charge in [0.05, 0.1) is 0 Å². The van der Waals surface area contributed by atoms with E-state index in [4.69, 9.17) is 16.1 Å². The number of alkyl halides is 3. The van der Waals surface area contributed by atoms with Crippen molar-refractivity contribution in [3.8, 4) is 0 Å². The molecule has 0 saturated heterocycles. The summed E-state index contributed by atoms with van der Waals surface area (Å²) in [5, 5.41) is -3.09. The van der Waals surface area contributed by atoms with E-state index in [1.54, 1.807) is 0 Å². The van der Waals surface area contributed by atoms with Crippen molar-refractivity contribution in [2.24, 2.45) is 0 Å². The first-order chi connectivity index (χ1) is 9.71. The summed E-state index contributed by atoms with van der Waals surface area (Å²) in [6.07, 6.45) is -4.99. The van der Waals surface area contributed by atoms with E-state index in [1.807, 2.05) is 41.5 Å². The molecule has 0 aromatic heterocycles. The van der Waals surface area contributed by atoms with E-state index in [9.17, 15) is 18.0 Å². The Morgan fingerprint density at radius 3 is 1.73 bits per heavy atom. The number of allylic oxidation sites excluding steroid dienone is 1. The van der Waals surface area contributed by atoms with Gasteiger partial charge in [-0.3, -0.25) is 0 Å². The summed E-state index contributed by atoms with van der Waals surface area (Å²) in [5.41, 5.74) is -0.535. The quantitative estimate of drug-likeness (QED) is 0.350. The van der Waals surface area contributed by atoms with Crippen LogP contribution in [0.2, 0.25) is 4.89 Å². The van der Waals surface area contributed by atoms with Crippen LogP contribution in [0.15, 0.2) is 11.6 Å². The first-order valence-electron chi connectivity index (χ1n) is 6.91. The Balaban J connectivity index is 6.20. The number of hydrogen-bond donors (Lipinski definition) is 0. The summed E-state index contributed by atoms with van der Waals surface area (Å²) < 4.78 is 44.0. The summed E-state index contributed by atoms with van der Waals surface area (Å²) in [7, 11) is 0. The fourth-order valence-electron chi connectivity index (χ4n) is 2.85.